The minimum atomic E-state index is -2.13. The molecular weight excluding hydrogens is 217 g/mol. The van der Waals surface area contributed by atoms with E-state index in [4.69, 9.17) is 9.84 Å². The van der Waals surface area contributed by atoms with Gasteiger partial charge in [-0.05, 0) is 0 Å². The highest BCUT2D eigenvalue weighted by atomic mass is 19.1. The van der Waals surface area contributed by atoms with Crippen LogP contribution in [0.1, 0.15) is 0 Å². The van der Waals surface area contributed by atoms with Gasteiger partial charge in [-0.25, -0.2) is 14.0 Å². The highest BCUT2D eigenvalue weighted by Crippen LogP contribution is 2.58. The lowest BCUT2D eigenvalue weighted by Gasteiger charge is -2.19. The molecular formula is C10H12FNO4. The van der Waals surface area contributed by atoms with Crippen LogP contribution >= 0.6 is 0 Å². The first-order valence-corrected chi connectivity index (χ1v) is 4.96. The summed E-state index contributed by atoms with van der Waals surface area (Å²) in [6.45, 7) is 3.73. The second-order valence-corrected chi connectivity index (χ2v) is 4.06. The number of amides is 1. The number of likely N-dealkylation sites (tertiary alicyclic amines) is 1. The Kier molecular flexibility index (Phi) is 2.36. The van der Waals surface area contributed by atoms with E-state index in [1.165, 1.54) is 11.0 Å². The predicted octanol–water partition coefficient (Wildman–Crippen LogP) is 0.663. The molecule has 1 aliphatic heterocycles. The average molecular weight is 229 g/mol. The van der Waals surface area contributed by atoms with Crippen molar-refractivity contribution in [1.82, 2.24) is 4.90 Å². The summed E-state index contributed by atoms with van der Waals surface area (Å²) < 4.78 is 18.4. The van der Waals surface area contributed by atoms with Gasteiger partial charge < -0.3 is 14.7 Å². The fourth-order valence-electron chi connectivity index (χ4n) is 2.26. The van der Waals surface area contributed by atoms with Crippen molar-refractivity contribution in [3.8, 4) is 0 Å². The summed E-state index contributed by atoms with van der Waals surface area (Å²) in [5.74, 6) is -2.59. The van der Waals surface area contributed by atoms with Gasteiger partial charge in [-0.1, -0.05) is 12.7 Å². The van der Waals surface area contributed by atoms with Gasteiger partial charge in [0.1, 0.15) is 6.61 Å². The van der Waals surface area contributed by atoms with Crippen LogP contribution < -0.4 is 0 Å². The van der Waals surface area contributed by atoms with Crippen molar-refractivity contribution < 1.29 is 23.8 Å². The van der Waals surface area contributed by atoms with Gasteiger partial charge in [0, 0.05) is 24.9 Å². The zero-order valence-electron chi connectivity index (χ0n) is 8.56. The zero-order chi connectivity index (χ0) is 11.9. The van der Waals surface area contributed by atoms with Crippen LogP contribution in [0.4, 0.5) is 9.18 Å². The SMILES string of the molecule is C=CCOC(=O)N1C[C@@H]2[C@H](C1)C2(F)C(=O)O. The Balaban J connectivity index is 1.88. The van der Waals surface area contributed by atoms with E-state index in [0.29, 0.717) is 0 Å². The number of carboxylic acid groups (broad SMARTS) is 1. The Morgan fingerprint density at radius 3 is 2.56 bits per heavy atom. The van der Waals surface area contributed by atoms with Crippen LogP contribution in [-0.2, 0) is 9.53 Å². The standard InChI is InChI=1S/C10H12FNO4/c1-2-3-16-9(15)12-4-6-7(5-12)10(6,11)8(13)14/h2,6-7H,1,3-5H2,(H,13,14)/t6-,7+,10?. The van der Waals surface area contributed by atoms with E-state index < -0.39 is 29.6 Å². The van der Waals surface area contributed by atoms with Crippen molar-refractivity contribution >= 4 is 12.1 Å². The molecule has 1 unspecified atom stereocenters. The number of hydrogen-bond donors (Lipinski definition) is 1. The van der Waals surface area contributed by atoms with Crippen LogP contribution in [0.3, 0.4) is 0 Å². The number of carbonyl (C=O) groups is 2. The lowest BCUT2D eigenvalue weighted by atomic mass is 10.2. The molecule has 0 radical (unpaired) electrons. The van der Waals surface area contributed by atoms with E-state index in [-0.39, 0.29) is 19.7 Å². The first-order valence-electron chi connectivity index (χ1n) is 4.96. The summed E-state index contributed by atoms with van der Waals surface area (Å²) >= 11 is 0. The Bertz CT molecular complexity index is 345. The third-order valence-electron chi connectivity index (χ3n) is 3.20. The van der Waals surface area contributed by atoms with Crippen LogP contribution in [0.2, 0.25) is 0 Å². The van der Waals surface area contributed by atoms with Gasteiger partial charge in [0.25, 0.3) is 0 Å². The van der Waals surface area contributed by atoms with Gasteiger partial charge in [0.15, 0.2) is 0 Å². The highest BCUT2D eigenvalue weighted by molar-refractivity contribution is 5.84. The molecule has 0 bridgehead atoms. The lowest BCUT2D eigenvalue weighted by Crippen LogP contribution is -2.37. The fraction of sp³-hybridized carbons (Fsp3) is 0.600. The number of piperidine rings is 1. The molecule has 0 aromatic carbocycles. The smallest absolute Gasteiger partial charge is 0.410 e. The summed E-state index contributed by atoms with van der Waals surface area (Å²) in [5, 5.41) is 8.66. The van der Waals surface area contributed by atoms with Crippen molar-refractivity contribution in [2.24, 2.45) is 11.8 Å². The van der Waals surface area contributed by atoms with Gasteiger partial charge in [-0.2, -0.15) is 0 Å². The van der Waals surface area contributed by atoms with Crippen LogP contribution in [0.15, 0.2) is 12.7 Å². The van der Waals surface area contributed by atoms with Gasteiger partial charge in [0.05, 0.1) is 0 Å². The monoisotopic (exact) mass is 229 g/mol. The lowest BCUT2D eigenvalue weighted by molar-refractivity contribution is -0.146. The molecule has 1 heterocycles. The maximum atomic E-state index is 13.6. The molecule has 1 saturated heterocycles. The number of ether oxygens (including phenoxy) is 1. The molecule has 2 aliphatic rings. The van der Waals surface area contributed by atoms with Gasteiger partial charge in [-0.3, -0.25) is 0 Å². The maximum absolute atomic E-state index is 13.6. The average Bonchev–Trinajstić information content (AvgIpc) is 2.67. The molecule has 1 saturated carbocycles. The maximum Gasteiger partial charge on any atom is 0.410 e. The van der Waals surface area contributed by atoms with Gasteiger partial charge in [-0.15, -0.1) is 0 Å². The van der Waals surface area contributed by atoms with Crippen LogP contribution in [-0.4, -0.2) is 47.4 Å². The quantitative estimate of drug-likeness (QED) is 0.722. The fourth-order valence-corrected chi connectivity index (χ4v) is 2.26. The largest absolute Gasteiger partial charge is 0.479 e. The van der Waals surface area contributed by atoms with Crippen molar-refractivity contribution in [2.75, 3.05) is 19.7 Å². The molecule has 3 atom stereocenters. The number of carboxylic acids is 1. The Hall–Kier alpha value is -1.59. The summed E-state index contributed by atoms with van der Waals surface area (Å²) in [7, 11) is 0. The number of halogens is 1. The van der Waals surface area contributed by atoms with Crippen LogP contribution in [0.25, 0.3) is 0 Å². The molecule has 1 aliphatic carbocycles. The first kappa shape index (κ1) is 10.9. The highest BCUT2D eigenvalue weighted by Gasteiger charge is 2.75. The number of aliphatic carboxylic acids is 1. The number of fused-ring (bicyclic) bond motifs is 1. The summed E-state index contributed by atoms with van der Waals surface area (Å²) in [4.78, 5) is 23.3. The Morgan fingerprint density at radius 1 is 1.56 bits per heavy atom. The Morgan fingerprint density at radius 2 is 2.12 bits per heavy atom. The van der Waals surface area contributed by atoms with Crippen LogP contribution in [0.5, 0.6) is 0 Å². The minimum Gasteiger partial charge on any atom is -0.479 e. The van der Waals surface area contributed by atoms with Gasteiger partial charge in [0.2, 0.25) is 5.67 Å². The topological polar surface area (TPSA) is 66.8 Å². The normalized spacial score (nSPS) is 35.4. The van der Waals surface area contributed by atoms with E-state index in [1.807, 2.05) is 0 Å². The zero-order valence-corrected chi connectivity index (χ0v) is 8.56. The minimum absolute atomic E-state index is 0.102. The molecule has 6 heteroatoms. The van der Waals surface area contributed by atoms with Crippen LogP contribution in [0, 0.1) is 11.8 Å². The number of alkyl halides is 1. The summed E-state index contributed by atoms with van der Waals surface area (Å²) in [6, 6.07) is 0. The molecule has 1 amide bonds. The van der Waals surface area contributed by atoms with Crippen molar-refractivity contribution in [2.45, 2.75) is 5.67 Å². The van der Waals surface area contributed by atoms with Gasteiger partial charge >= 0.3 is 12.1 Å². The van der Waals surface area contributed by atoms with Crippen molar-refractivity contribution in [1.29, 1.82) is 0 Å². The molecule has 5 nitrogen and oxygen atoms in total. The summed E-state index contributed by atoms with van der Waals surface area (Å²) in [5.41, 5.74) is -2.13. The number of nitrogens with zero attached hydrogens (tertiary/aromatic N) is 1. The first-order chi connectivity index (χ1) is 7.51. The second-order valence-electron chi connectivity index (χ2n) is 4.06. The Labute approximate surface area is 91.5 Å². The predicted molar refractivity (Wildman–Crippen MR) is 51.6 cm³/mol. The summed E-state index contributed by atoms with van der Waals surface area (Å²) in [6.07, 6.45) is 0.894. The molecule has 88 valence electrons. The molecule has 2 rings (SSSR count). The van der Waals surface area contributed by atoms with Crippen molar-refractivity contribution in [3.63, 3.8) is 0 Å². The van der Waals surface area contributed by atoms with E-state index in [9.17, 15) is 14.0 Å². The molecule has 0 aromatic rings. The molecule has 2 fully saturated rings. The third-order valence-corrected chi connectivity index (χ3v) is 3.20. The van der Waals surface area contributed by atoms with E-state index in [0.717, 1.165) is 0 Å². The van der Waals surface area contributed by atoms with E-state index in [2.05, 4.69) is 6.58 Å². The molecule has 0 spiro atoms. The molecule has 0 aromatic heterocycles. The molecule has 1 N–H and O–H groups in total. The third kappa shape index (κ3) is 1.36. The van der Waals surface area contributed by atoms with E-state index in [1.54, 1.807) is 0 Å². The number of carbonyl (C=O) groups excluding carboxylic acids is 1. The van der Waals surface area contributed by atoms with E-state index >= 15 is 0 Å². The number of hydrogen-bond acceptors (Lipinski definition) is 3. The number of rotatable bonds is 3. The van der Waals surface area contributed by atoms with Crippen molar-refractivity contribution in [3.05, 3.63) is 12.7 Å². The second kappa shape index (κ2) is 3.47. The molecule has 16 heavy (non-hydrogen) atoms.